The molecule has 0 saturated carbocycles. The topological polar surface area (TPSA) is 36.4 Å². The van der Waals surface area contributed by atoms with Crippen LogP contribution in [0.25, 0.3) is 22.2 Å². The van der Waals surface area contributed by atoms with Crippen LogP contribution in [-0.4, -0.2) is 42.0 Å². The maximum Gasteiger partial charge on any atom is 0.254 e. The molecule has 0 unspecified atom stereocenters. The molecule has 0 radical (unpaired) electrons. The van der Waals surface area contributed by atoms with E-state index in [-0.39, 0.29) is 11.7 Å². The fraction of sp³-hybridized carbons (Fsp3) is 0.241. The minimum Gasteiger partial charge on any atom is -0.368 e. The van der Waals surface area contributed by atoms with Crippen molar-refractivity contribution in [3.8, 4) is 11.3 Å². The number of nitrogens with zero attached hydrogens (tertiary/aromatic N) is 3. The van der Waals surface area contributed by atoms with Crippen molar-refractivity contribution >= 4 is 22.5 Å². The average molecular weight is 454 g/mol. The van der Waals surface area contributed by atoms with E-state index < -0.39 is 0 Å². The fourth-order valence-corrected chi connectivity index (χ4v) is 4.61. The number of benzene rings is 3. The lowest BCUT2D eigenvalue weighted by Gasteiger charge is -2.36. The molecule has 1 aromatic heterocycles. The molecule has 0 N–H and O–H groups in total. The van der Waals surface area contributed by atoms with Crippen LogP contribution in [0.15, 0.2) is 66.7 Å². The summed E-state index contributed by atoms with van der Waals surface area (Å²) in [5.74, 6) is -0.209. The molecule has 4 aromatic rings. The summed E-state index contributed by atoms with van der Waals surface area (Å²) < 4.78 is 13.3. The van der Waals surface area contributed by atoms with Crippen molar-refractivity contribution in [3.63, 3.8) is 0 Å². The molecule has 0 atom stereocenters. The van der Waals surface area contributed by atoms with Crippen molar-refractivity contribution < 1.29 is 9.18 Å². The van der Waals surface area contributed by atoms with Gasteiger partial charge in [0.2, 0.25) is 0 Å². The van der Waals surface area contributed by atoms with Gasteiger partial charge in [-0.1, -0.05) is 30.3 Å². The summed E-state index contributed by atoms with van der Waals surface area (Å²) in [5.41, 5.74) is 7.87. The second-order valence-corrected chi connectivity index (χ2v) is 9.08. The van der Waals surface area contributed by atoms with Gasteiger partial charge in [-0.25, -0.2) is 9.37 Å². The highest BCUT2D eigenvalue weighted by Crippen LogP contribution is 2.29. The van der Waals surface area contributed by atoms with Gasteiger partial charge in [0, 0.05) is 42.8 Å². The van der Waals surface area contributed by atoms with E-state index in [4.69, 9.17) is 4.98 Å². The third-order valence-corrected chi connectivity index (χ3v) is 6.83. The van der Waals surface area contributed by atoms with Gasteiger partial charge in [-0.05, 0) is 73.9 Å². The first-order valence-electron chi connectivity index (χ1n) is 11.7. The Kier molecular flexibility index (Phi) is 5.78. The van der Waals surface area contributed by atoms with Crippen LogP contribution in [0.3, 0.4) is 0 Å². The first-order chi connectivity index (χ1) is 16.4. The molecule has 34 heavy (non-hydrogen) atoms. The number of pyridine rings is 1. The molecule has 5 heteroatoms. The Morgan fingerprint density at radius 2 is 1.56 bits per heavy atom. The third-order valence-electron chi connectivity index (χ3n) is 6.83. The maximum atomic E-state index is 13.7. The van der Waals surface area contributed by atoms with Crippen molar-refractivity contribution in [1.29, 1.82) is 0 Å². The lowest BCUT2D eigenvalue weighted by atomic mass is 9.99. The van der Waals surface area contributed by atoms with Gasteiger partial charge in [-0.2, -0.15) is 0 Å². The number of aryl methyl sites for hydroxylation is 3. The predicted octanol–water partition coefficient (Wildman–Crippen LogP) is 5.93. The van der Waals surface area contributed by atoms with Gasteiger partial charge in [0.15, 0.2) is 0 Å². The van der Waals surface area contributed by atoms with Gasteiger partial charge >= 0.3 is 0 Å². The third kappa shape index (κ3) is 4.14. The molecular formula is C29H28FN3O. The van der Waals surface area contributed by atoms with E-state index in [0.29, 0.717) is 31.7 Å². The number of piperazine rings is 1. The van der Waals surface area contributed by atoms with Gasteiger partial charge in [0.1, 0.15) is 5.82 Å². The lowest BCUT2D eigenvalue weighted by Crippen LogP contribution is -2.48. The Hall–Kier alpha value is -3.73. The minimum absolute atomic E-state index is 0.0295. The summed E-state index contributed by atoms with van der Waals surface area (Å²) in [6.45, 7) is 8.88. The van der Waals surface area contributed by atoms with E-state index in [0.717, 1.165) is 33.4 Å². The zero-order chi connectivity index (χ0) is 23.8. The van der Waals surface area contributed by atoms with Crippen LogP contribution >= 0.6 is 0 Å². The summed E-state index contributed by atoms with van der Waals surface area (Å²) >= 11 is 0. The Labute approximate surface area is 199 Å². The number of anilines is 1. The molecule has 1 aliphatic rings. The van der Waals surface area contributed by atoms with Crippen LogP contribution in [-0.2, 0) is 0 Å². The van der Waals surface area contributed by atoms with E-state index >= 15 is 0 Å². The van der Waals surface area contributed by atoms with Crippen molar-refractivity contribution in [2.45, 2.75) is 20.8 Å². The summed E-state index contributed by atoms with van der Waals surface area (Å²) in [7, 11) is 0. The molecule has 1 aliphatic heterocycles. The average Bonchev–Trinajstić information content (AvgIpc) is 2.86. The largest absolute Gasteiger partial charge is 0.368 e. The molecule has 5 rings (SSSR count). The second kappa shape index (κ2) is 8.90. The summed E-state index contributed by atoms with van der Waals surface area (Å²) in [5, 5.41) is 0.888. The predicted molar refractivity (Wildman–Crippen MR) is 136 cm³/mol. The first kappa shape index (κ1) is 22.1. The number of rotatable bonds is 3. The molecule has 1 saturated heterocycles. The normalized spacial score (nSPS) is 14.0. The smallest absolute Gasteiger partial charge is 0.254 e. The molecule has 0 aliphatic carbocycles. The number of aromatic nitrogens is 1. The Balaban J connectivity index is 1.47. The van der Waals surface area contributed by atoms with Crippen LogP contribution < -0.4 is 4.90 Å². The molecular weight excluding hydrogens is 425 g/mol. The number of carbonyl (C=O) groups is 1. The summed E-state index contributed by atoms with van der Waals surface area (Å²) in [4.78, 5) is 22.8. The van der Waals surface area contributed by atoms with Crippen molar-refractivity contribution in [3.05, 3.63) is 94.8 Å². The minimum atomic E-state index is -0.239. The number of amides is 1. The fourth-order valence-electron chi connectivity index (χ4n) is 4.61. The molecule has 2 heterocycles. The molecule has 0 bridgehead atoms. The van der Waals surface area contributed by atoms with Crippen molar-refractivity contribution in [1.82, 2.24) is 9.88 Å². The summed E-state index contributed by atoms with van der Waals surface area (Å²) in [6, 6.07) is 20.8. The standard InChI is InChI=1S/C29H28FN3O/c1-19-7-8-22(17-21(19)3)27-18-26(25-6-4-5-20(2)28(25)31-27)29(34)33-15-13-32(14-16-33)24-11-9-23(30)10-12-24/h4-12,17-18H,13-16H2,1-3H3. The molecule has 1 amide bonds. The van der Waals surface area contributed by atoms with Gasteiger partial charge < -0.3 is 9.80 Å². The number of halogens is 1. The number of carbonyl (C=O) groups excluding carboxylic acids is 1. The monoisotopic (exact) mass is 453 g/mol. The van der Waals surface area contributed by atoms with Crippen molar-refractivity contribution in [2.24, 2.45) is 0 Å². The van der Waals surface area contributed by atoms with Crippen LogP contribution in [0, 0.1) is 26.6 Å². The van der Waals surface area contributed by atoms with Gasteiger partial charge in [-0.3, -0.25) is 4.79 Å². The molecule has 4 nitrogen and oxygen atoms in total. The van der Waals surface area contributed by atoms with E-state index in [1.54, 1.807) is 12.1 Å². The zero-order valence-corrected chi connectivity index (χ0v) is 19.8. The van der Waals surface area contributed by atoms with Crippen LogP contribution in [0.1, 0.15) is 27.0 Å². The van der Waals surface area contributed by atoms with Crippen LogP contribution in [0.4, 0.5) is 10.1 Å². The number of fused-ring (bicyclic) bond motifs is 1. The Morgan fingerprint density at radius 1 is 0.824 bits per heavy atom. The maximum absolute atomic E-state index is 13.7. The van der Waals surface area contributed by atoms with Gasteiger partial charge in [0.05, 0.1) is 16.8 Å². The van der Waals surface area contributed by atoms with E-state index in [1.165, 1.54) is 23.3 Å². The quantitative estimate of drug-likeness (QED) is 0.386. The molecule has 1 fully saturated rings. The van der Waals surface area contributed by atoms with E-state index in [9.17, 15) is 9.18 Å². The number of para-hydroxylation sites is 1. The van der Waals surface area contributed by atoms with Crippen LogP contribution in [0.5, 0.6) is 0 Å². The number of hydrogen-bond donors (Lipinski definition) is 0. The van der Waals surface area contributed by atoms with E-state index in [2.05, 4.69) is 36.9 Å². The highest BCUT2D eigenvalue weighted by Gasteiger charge is 2.25. The lowest BCUT2D eigenvalue weighted by molar-refractivity contribution is 0.0748. The first-order valence-corrected chi connectivity index (χ1v) is 11.7. The molecule has 172 valence electrons. The number of hydrogen-bond acceptors (Lipinski definition) is 3. The van der Waals surface area contributed by atoms with Crippen molar-refractivity contribution in [2.75, 3.05) is 31.1 Å². The molecule has 0 spiro atoms. The zero-order valence-electron chi connectivity index (χ0n) is 19.8. The highest BCUT2D eigenvalue weighted by atomic mass is 19.1. The molecule has 3 aromatic carbocycles. The van der Waals surface area contributed by atoms with Gasteiger partial charge in [0.25, 0.3) is 5.91 Å². The Morgan fingerprint density at radius 3 is 2.26 bits per heavy atom. The second-order valence-electron chi connectivity index (χ2n) is 9.08. The summed E-state index contributed by atoms with van der Waals surface area (Å²) in [6.07, 6.45) is 0. The Bertz CT molecular complexity index is 1370. The van der Waals surface area contributed by atoms with E-state index in [1.807, 2.05) is 36.1 Å². The SMILES string of the molecule is Cc1ccc(-c2cc(C(=O)N3CCN(c4ccc(F)cc4)CC3)c3cccc(C)c3n2)cc1C. The van der Waals surface area contributed by atoms with Gasteiger partial charge in [-0.15, -0.1) is 0 Å². The highest BCUT2D eigenvalue weighted by molar-refractivity contribution is 6.08. The van der Waals surface area contributed by atoms with Crippen LogP contribution in [0.2, 0.25) is 0 Å².